The normalized spacial score (nSPS) is 20.2. The molecule has 0 spiro atoms. The molecule has 1 saturated carbocycles. The van der Waals surface area contributed by atoms with E-state index in [0.29, 0.717) is 11.1 Å². The fourth-order valence-electron chi connectivity index (χ4n) is 4.40. The van der Waals surface area contributed by atoms with E-state index in [2.05, 4.69) is 20.6 Å². The molecule has 214 valence electrons. The van der Waals surface area contributed by atoms with Gasteiger partial charge in [-0.1, -0.05) is 0 Å². The SMILES string of the molecule is Cc1cc(NCC2(C(F)(F)F)CC2)ncc1-c1sc(C(=O)NCC(C)(C)O)nc1C(=O)N1CC(F)(F)C[C@@H]1C. The molecule has 1 saturated heterocycles. The number of nitrogens with one attached hydrogen (secondary N) is 2. The molecule has 3 N–H and O–H groups in total. The van der Waals surface area contributed by atoms with Gasteiger partial charge in [0.15, 0.2) is 5.01 Å². The van der Waals surface area contributed by atoms with Gasteiger partial charge in [-0.2, -0.15) is 13.2 Å². The summed E-state index contributed by atoms with van der Waals surface area (Å²) in [7, 11) is 0. The number of hydrogen-bond donors (Lipinski definition) is 3. The van der Waals surface area contributed by atoms with Crippen molar-refractivity contribution < 1.29 is 36.6 Å². The minimum absolute atomic E-state index is 0.0408. The number of carbonyl (C=O) groups excluding carboxylic acids is 2. The molecule has 0 bridgehead atoms. The monoisotopic (exact) mass is 575 g/mol. The van der Waals surface area contributed by atoms with Crippen LogP contribution in [0.15, 0.2) is 12.3 Å². The smallest absolute Gasteiger partial charge is 0.389 e. The van der Waals surface area contributed by atoms with Crippen molar-refractivity contribution in [2.24, 2.45) is 5.41 Å². The minimum atomic E-state index is -4.32. The lowest BCUT2D eigenvalue weighted by atomic mass is 10.1. The Labute approximate surface area is 226 Å². The van der Waals surface area contributed by atoms with Gasteiger partial charge in [0, 0.05) is 37.3 Å². The predicted molar refractivity (Wildman–Crippen MR) is 135 cm³/mol. The first-order chi connectivity index (χ1) is 17.9. The molecule has 8 nitrogen and oxygen atoms in total. The molecule has 2 fully saturated rings. The Bertz CT molecular complexity index is 1270. The predicted octanol–water partition coefficient (Wildman–Crippen LogP) is 4.64. The standard InChI is InChI=1S/C25H30F5N5O3S/c1-13-7-16(32-11-23(5-6-23)25(28,29)30)31-9-15(13)18-17(21(37)35-12-24(26,27)8-14(35)2)34-20(39-18)19(36)33-10-22(3,4)38/h7,9,14,38H,5-6,8,10-12H2,1-4H3,(H,31,32)(H,33,36)/t14-/m0/s1. The third-order valence-electron chi connectivity index (χ3n) is 6.91. The van der Waals surface area contributed by atoms with Crippen molar-refractivity contribution >= 4 is 29.0 Å². The van der Waals surface area contributed by atoms with Gasteiger partial charge in [0.1, 0.15) is 11.5 Å². The second-order valence-corrected chi connectivity index (χ2v) is 12.0. The molecule has 39 heavy (non-hydrogen) atoms. The molecule has 1 aliphatic carbocycles. The maximum Gasteiger partial charge on any atom is 0.396 e. The lowest BCUT2D eigenvalue weighted by Gasteiger charge is -2.21. The third-order valence-corrected chi connectivity index (χ3v) is 8.00. The van der Waals surface area contributed by atoms with Gasteiger partial charge in [0.2, 0.25) is 0 Å². The maximum atomic E-state index is 14.0. The number of amides is 2. The summed E-state index contributed by atoms with van der Waals surface area (Å²) in [6.45, 7) is 4.95. The summed E-state index contributed by atoms with van der Waals surface area (Å²) in [4.78, 5) is 35.8. The van der Waals surface area contributed by atoms with Gasteiger partial charge < -0.3 is 20.6 Å². The highest BCUT2D eigenvalue weighted by Crippen LogP contribution is 2.57. The van der Waals surface area contributed by atoms with Gasteiger partial charge >= 0.3 is 6.18 Å². The van der Waals surface area contributed by atoms with E-state index in [9.17, 15) is 36.6 Å². The van der Waals surface area contributed by atoms with Crippen LogP contribution in [-0.4, -0.2) is 75.2 Å². The van der Waals surface area contributed by atoms with E-state index in [1.807, 2.05) is 0 Å². The van der Waals surface area contributed by atoms with Gasteiger partial charge in [-0.05, 0) is 52.2 Å². The summed E-state index contributed by atoms with van der Waals surface area (Å²) in [6, 6.07) is 0.764. The van der Waals surface area contributed by atoms with Crippen LogP contribution in [-0.2, 0) is 0 Å². The van der Waals surface area contributed by atoms with E-state index in [4.69, 9.17) is 0 Å². The molecule has 2 aromatic rings. The van der Waals surface area contributed by atoms with Crippen molar-refractivity contribution in [3.8, 4) is 10.4 Å². The molecule has 4 rings (SSSR count). The summed E-state index contributed by atoms with van der Waals surface area (Å²) < 4.78 is 67.9. The first kappa shape index (κ1) is 29.1. The lowest BCUT2D eigenvalue weighted by Crippen LogP contribution is -2.38. The van der Waals surface area contributed by atoms with Crippen LogP contribution in [0.25, 0.3) is 10.4 Å². The zero-order chi connectivity index (χ0) is 29.0. The Morgan fingerprint density at radius 1 is 1.26 bits per heavy atom. The quantitative estimate of drug-likeness (QED) is 0.396. The maximum absolute atomic E-state index is 14.0. The Kier molecular flexibility index (Phi) is 7.43. The molecule has 2 amide bonds. The average Bonchev–Trinajstić information content (AvgIpc) is 3.41. The largest absolute Gasteiger partial charge is 0.396 e. The average molecular weight is 576 g/mol. The Hall–Kier alpha value is -2.87. The zero-order valence-corrected chi connectivity index (χ0v) is 22.7. The molecule has 0 unspecified atom stereocenters. The van der Waals surface area contributed by atoms with Gasteiger partial charge in [-0.25, -0.2) is 18.7 Å². The van der Waals surface area contributed by atoms with Crippen LogP contribution in [0.1, 0.15) is 65.9 Å². The van der Waals surface area contributed by atoms with E-state index in [1.165, 1.54) is 33.0 Å². The number of aromatic nitrogens is 2. The number of anilines is 1. The molecule has 1 atom stereocenters. The van der Waals surface area contributed by atoms with E-state index in [1.54, 1.807) is 6.92 Å². The van der Waals surface area contributed by atoms with E-state index in [-0.39, 0.29) is 47.3 Å². The summed E-state index contributed by atoms with van der Waals surface area (Å²) in [6.07, 6.45) is -3.38. The minimum Gasteiger partial charge on any atom is -0.389 e. The van der Waals surface area contributed by atoms with Gasteiger partial charge in [-0.3, -0.25) is 9.59 Å². The molecule has 0 aromatic carbocycles. The highest BCUT2D eigenvalue weighted by molar-refractivity contribution is 7.17. The summed E-state index contributed by atoms with van der Waals surface area (Å²) in [5, 5.41) is 15.1. The first-order valence-electron chi connectivity index (χ1n) is 12.4. The van der Waals surface area contributed by atoms with Crippen LogP contribution in [0.4, 0.5) is 27.8 Å². The number of thiazole rings is 1. The van der Waals surface area contributed by atoms with Crippen molar-refractivity contribution in [1.29, 1.82) is 0 Å². The second kappa shape index (κ2) is 9.95. The van der Waals surface area contributed by atoms with Crippen LogP contribution in [0.3, 0.4) is 0 Å². The Balaban J connectivity index is 1.64. The number of carbonyl (C=O) groups is 2. The molecule has 0 radical (unpaired) electrons. The van der Waals surface area contributed by atoms with E-state index >= 15 is 0 Å². The molecule has 1 aliphatic heterocycles. The fraction of sp³-hybridized carbons (Fsp3) is 0.600. The Morgan fingerprint density at radius 3 is 2.44 bits per heavy atom. The van der Waals surface area contributed by atoms with Crippen LogP contribution >= 0.6 is 11.3 Å². The van der Waals surface area contributed by atoms with Crippen LogP contribution in [0.2, 0.25) is 0 Å². The van der Waals surface area contributed by atoms with Crippen molar-refractivity contribution in [2.45, 2.75) is 70.7 Å². The summed E-state index contributed by atoms with van der Waals surface area (Å²) in [5.74, 6) is -4.28. The highest BCUT2D eigenvalue weighted by atomic mass is 32.1. The topological polar surface area (TPSA) is 107 Å². The lowest BCUT2D eigenvalue weighted by molar-refractivity contribution is -0.182. The number of nitrogens with zero attached hydrogens (tertiary/aromatic N) is 3. The Morgan fingerprint density at radius 2 is 1.92 bits per heavy atom. The third kappa shape index (κ3) is 6.32. The molecular formula is C25H30F5N5O3S. The molecular weight excluding hydrogens is 545 g/mol. The number of hydrogen-bond acceptors (Lipinski definition) is 7. The number of halogens is 5. The highest BCUT2D eigenvalue weighted by Gasteiger charge is 2.62. The van der Waals surface area contributed by atoms with Gasteiger partial charge in [0.25, 0.3) is 17.7 Å². The van der Waals surface area contributed by atoms with Crippen LogP contribution in [0.5, 0.6) is 0 Å². The second-order valence-electron chi connectivity index (χ2n) is 11.1. The fourth-order valence-corrected chi connectivity index (χ4v) is 5.45. The molecule has 14 heteroatoms. The zero-order valence-electron chi connectivity index (χ0n) is 21.9. The molecule has 3 heterocycles. The first-order valence-corrected chi connectivity index (χ1v) is 13.2. The molecule has 2 aromatic heterocycles. The van der Waals surface area contributed by atoms with Crippen LogP contribution < -0.4 is 10.6 Å². The number of likely N-dealkylation sites (tertiary alicyclic amines) is 1. The summed E-state index contributed by atoms with van der Waals surface area (Å²) >= 11 is 0.862. The van der Waals surface area contributed by atoms with Crippen molar-refractivity contribution in [3.05, 3.63) is 28.5 Å². The number of rotatable bonds is 8. The number of aryl methyl sites for hydroxylation is 1. The number of aliphatic hydroxyl groups is 1. The van der Waals surface area contributed by atoms with Crippen molar-refractivity contribution in [3.63, 3.8) is 0 Å². The van der Waals surface area contributed by atoms with Crippen molar-refractivity contribution in [2.75, 3.05) is 25.0 Å². The van der Waals surface area contributed by atoms with E-state index in [0.717, 1.165) is 16.2 Å². The van der Waals surface area contributed by atoms with Gasteiger partial charge in [-0.15, -0.1) is 11.3 Å². The van der Waals surface area contributed by atoms with Crippen molar-refractivity contribution in [1.82, 2.24) is 20.2 Å². The van der Waals surface area contributed by atoms with E-state index < -0.39 is 53.9 Å². The number of pyridine rings is 1. The van der Waals surface area contributed by atoms with Gasteiger partial charge in [0.05, 0.1) is 22.4 Å². The summed E-state index contributed by atoms with van der Waals surface area (Å²) in [5.41, 5.74) is -2.25. The molecule has 2 aliphatic rings. The van der Waals surface area contributed by atoms with Crippen LogP contribution in [0, 0.1) is 12.3 Å². The number of alkyl halides is 5.